The van der Waals surface area contributed by atoms with Crippen molar-refractivity contribution in [2.24, 2.45) is 0 Å². The number of hydrogen-bond acceptors (Lipinski definition) is 5. The van der Waals surface area contributed by atoms with E-state index < -0.39 is 0 Å². The number of anilines is 2. The van der Waals surface area contributed by atoms with Crippen LogP contribution in [0.1, 0.15) is 17.7 Å². The molecule has 1 N–H and O–H groups in total. The first-order valence-corrected chi connectivity index (χ1v) is 8.50. The fourth-order valence-electron chi connectivity index (χ4n) is 3.56. The summed E-state index contributed by atoms with van der Waals surface area (Å²) in [7, 11) is 1.69. The van der Waals surface area contributed by atoms with Gasteiger partial charge in [0.05, 0.1) is 12.8 Å². The average molecular weight is 326 g/mol. The molecule has 4 rings (SSSR count). The molecule has 0 unspecified atom stereocenters. The summed E-state index contributed by atoms with van der Waals surface area (Å²) >= 11 is 0. The molecule has 2 aromatic rings. The largest absolute Gasteiger partial charge is 0.497 e. The second kappa shape index (κ2) is 6.19. The Morgan fingerprint density at radius 3 is 2.71 bits per heavy atom. The van der Waals surface area contributed by atoms with Crippen molar-refractivity contribution < 1.29 is 4.74 Å². The Balaban J connectivity index is 1.48. The van der Waals surface area contributed by atoms with E-state index in [1.54, 1.807) is 7.11 Å². The molecule has 2 aliphatic rings. The second-order valence-electron chi connectivity index (χ2n) is 6.34. The van der Waals surface area contributed by atoms with E-state index in [1.807, 2.05) is 12.1 Å². The van der Waals surface area contributed by atoms with Crippen molar-refractivity contribution in [2.75, 3.05) is 43.1 Å². The third-order valence-corrected chi connectivity index (χ3v) is 4.93. The van der Waals surface area contributed by atoms with Gasteiger partial charge in [-0.05, 0) is 31.4 Å². The number of methoxy groups -OCH3 is 1. The van der Waals surface area contributed by atoms with Crippen LogP contribution in [0.25, 0.3) is 0 Å². The number of nitrogens with one attached hydrogen (secondary N) is 1. The summed E-state index contributed by atoms with van der Waals surface area (Å²) in [6.07, 6.45) is 2.83. The number of hydrogen-bond donors (Lipinski definition) is 1. The highest BCUT2D eigenvalue weighted by atomic mass is 16.5. The van der Waals surface area contributed by atoms with Crippen molar-refractivity contribution in [3.63, 3.8) is 0 Å². The van der Waals surface area contributed by atoms with Crippen molar-refractivity contribution >= 4 is 11.6 Å². The molecule has 6 nitrogen and oxygen atoms in total. The van der Waals surface area contributed by atoms with Crippen LogP contribution in [0.15, 0.2) is 29.1 Å². The number of benzene rings is 1. The quantitative estimate of drug-likeness (QED) is 0.928. The van der Waals surface area contributed by atoms with E-state index >= 15 is 0 Å². The molecule has 6 heteroatoms. The summed E-state index contributed by atoms with van der Waals surface area (Å²) < 4.78 is 5.31. The number of H-pyrrole nitrogens is 1. The Morgan fingerprint density at radius 1 is 1.12 bits per heavy atom. The van der Waals surface area contributed by atoms with Gasteiger partial charge >= 0.3 is 0 Å². The average Bonchev–Trinajstić information content (AvgIpc) is 3.11. The Hall–Kier alpha value is -2.50. The minimum absolute atomic E-state index is 0.0442. The van der Waals surface area contributed by atoms with E-state index in [4.69, 9.17) is 9.72 Å². The van der Waals surface area contributed by atoms with E-state index in [0.29, 0.717) is 0 Å². The number of aromatic nitrogens is 2. The van der Waals surface area contributed by atoms with Crippen molar-refractivity contribution in [1.29, 1.82) is 0 Å². The van der Waals surface area contributed by atoms with Gasteiger partial charge in [-0.15, -0.1) is 0 Å². The number of aryl methyl sites for hydroxylation is 1. The lowest BCUT2D eigenvalue weighted by Crippen LogP contribution is -2.47. The normalized spacial score (nSPS) is 17.0. The molecule has 1 fully saturated rings. The van der Waals surface area contributed by atoms with Crippen LogP contribution in [0.4, 0.5) is 11.6 Å². The van der Waals surface area contributed by atoms with E-state index in [1.165, 1.54) is 5.69 Å². The monoisotopic (exact) mass is 326 g/mol. The molecule has 0 amide bonds. The van der Waals surface area contributed by atoms with Gasteiger partial charge in [0.2, 0.25) is 5.95 Å². The maximum absolute atomic E-state index is 12.2. The van der Waals surface area contributed by atoms with Gasteiger partial charge in [-0.3, -0.25) is 9.78 Å². The van der Waals surface area contributed by atoms with Crippen molar-refractivity contribution in [1.82, 2.24) is 9.97 Å². The van der Waals surface area contributed by atoms with E-state index in [-0.39, 0.29) is 5.56 Å². The number of nitrogens with zero attached hydrogens (tertiary/aromatic N) is 3. The highest BCUT2D eigenvalue weighted by Gasteiger charge is 2.22. The Labute approximate surface area is 141 Å². The van der Waals surface area contributed by atoms with Crippen LogP contribution in [0, 0.1) is 0 Å². The molecule has 0 saturated carbocycles. The van der Waals surface area contributed by atoms with Crippen LogP contribution in [0.2, 0.25) is 0 Å². The molecule has 1 saturated heterocycles. The van der Waals surface area contributed by atoms with Gasteiger partial charge in [0.25, 0.3) is 5.56 Å². The zero-order valence-corrected chi connectivity index (χ0v) is 13.9. The third kappa shape index (κ3) is 2.72. The number of rotatable bonds is 3. The molecule has 2 heterocycles. The molecule has 0 spiro atoms. The molecular formula is C18H22N4O2. The second-order valence-corrected chi connectivity index (χ2v) is 6.34. The fourth-order valence-corrected chi connectivity index (χ4v) is 3.56. The summed E-state index contributed by atoms with van der Waals surface area (Å²) in [4.78, 5) is 24.4. The molecule has 1 aromatic carbocycles. The number of ether oxygens (including phenoxy) is 1. The number of fused-ring (bicyclic) bond motifs is 1. The van der Waals surface area contributed by atoms with Crippen molar-refractivity contribution in [3.8, 4) is 5.75 Å². The Morgan fingerprint density at radius 2 is 1.92 bits per heavy atom. The van der Waals surface area contributed by atoms with Gasteiger partial charge < -0.3 is 14.5 Å². The lowest BCUT2D eigenvalue weighted by molar-refractivity contribution is 0.414. The first-order chi connectivity index (χ1) is 11.7. The van der Waals surface area contributed by atoms with Gasteiger partial charge in [0, 0.05) is 43.5 Å². The highest BCUT2D eigenvalue weighted by molar-refractivity contribution is 5.52. The number of aromatic amines is 1. The summed E-state index contributed by atoms with van der Waals surface area (Å²) in [6.45, 7) is 3.49. The van der Waals surface area contributed by atoms with Crippen LogP contribution < -0.4 is 20.1 Å². The van der Waals surface area contributed by atoms with Gasteiger partial charge in [-0.1, -0.05) is 6.07 Å². The standard InChI is InChI=1S/C18H22N4O2/c1-24-14-5-2-4-13(12-14)21-8-10-22(11-9-21)18-19-16-7-3-6-15(16)17(23)20-18/h2,4-5,12H,3,6-11H2,1H3,(H,19,20,23). The van der Waals surface area contributed by atoms with Crippen LogP contribution in [-0.4, -0.2) is 43.3 Å². The van der Waals surface area contributed by atoms with Crippen LogP contribution in [0.3, 0.4) is 0 Å². The summed E-state index contributed by atoms with van der Waals surface area (Å²) in [5.41, 5.74) is 3.09. The molecule has 0 radical (unpaired) electrons. The predicted octanol–water partition coefficient (Wildman–Crippen LogP) is 1.59. The first-order valence-electron chi connectivity index (χ1n) is 8.50. The molecule has 1 aliphatic carbocycles. The Bertz CT molecular complexity index is 794. The van der Waals surface area contributed by atoms with Gasteiger partial charge in [-0.25, -0.2) is 4.98 Å². The van der Waals surface area contributed by atoms with Crippen LogP contribution >= 0.6 is 0 Å². The summed E-state index contributed by atoms with van der Waals surface area (Å²) in [6, 6.07) is 8.14. The van der Waals surface area contributed by atoms with Gasteiger partial charge in [0.15, 0.2) is 0 Å². The molecule has 126 valence electrons. The lowest BCUT2D eigenvalue weighted by Gasteiger charge is -2.36. The van der Waals surface area contributed by atoms with E-state index in [0.717, 1.165) is 68.4 Å². The summed E-state index contributed by atoms with van der Waals surface area (Å²) in [5.74, 6) is 1.60. The molecule has 0 atom stereocenters. The van der Waals surface area contributed by atoms with Crippen molar-refractivity contribution in [3.05, 3.63) is 45.9 Å². The SMILES string of the molecule is COc1cccc(N2CCN(c3nc4c(c(=O)[nH]3)CCC4)CC2)c1. The maximum Gasteiger partial charge on any atom is 0.255 e. The van der Waals surface area contributed by atoms with Crippen LogP contribution in [-0.2, 0) is 12.8 Å². The number of piperazine rings is 1. The fraction of sp³-hybridized carbons (Fsp3) is 0.444. The highest BCUT2D eigenvalue weighted by Crippen LogP contribution is 2.23. The topological polar surface area (TPSA) is 61.5 Å². The molecule has 1 aliphatic heterocycles. The Kier molecular flexibility index (Phi) is 3.88. The molecular weight excluding hydrogens is 304 g/mol. The van der Waals surface area contributed by atoms with Gasteiger partial charge in [0.1, 0.15) is 5.75 Å². The zero-order chi connectivity index (χ0) is 16.5. The van der Waals surface area contributed by atoms with E-state index in [2.05, 4.69) is 26.9 Å². The van der Waals surface area contributed by atoms with E-state index in [9.17, 15) is 4.79 Å². The minimum Gasteiger partial charge on any atom is -0.497 e. The first kappa shape index (κ1) is 15.1. The zero-order valence-electron chi connectivity index (χ0n) is 13.9. The smallest absolute Gasteiger partial charge is 0.255 e. The lowest BCUT2D eigenvalue weighted by atomic mass is 10.2. The third-order valence-electron chi connectivity index (χ3n) is 4.93. The predicted molar refractivity (Wildman–Crippen MR) is 94.3 cm³/mol. The molecule has 24 heavy (non-hydrogen) atoms. The van der Waals surface area contributed by atoms with Crippen molar-refractivity contribution in [2.45, 2.75) is 19.3 Å². The molecule has 1 aromatic heterocycles. The summed E-state index contributed by atoms with van der Waals surface area (Å²) in [5, 5.41) is 0. The molecule has 0 bridgehead atoms. The van der Waals surface area contributed by atoms with Gasteiger partial charge in [-0.2, -0.15) is 0 Å². The maximum atomic E-state index is 12.2. The minimum atomic E-state index is 0.0442. The van der Waals surface area contributed by atoms with Crippen LogP contribution in [0.5, 0.6) is 5.75 Å².